The quantitative estimate of drug-likeness (QED) is 0.791. The van der Waals surface area contributed by atoms with Crippen LogP contribution in [-0.2, 0) is 16.6 Å². The van der Waals surface area contributed by atoms with E-state index in [0.29, 0.717) is 24.3 Å². The van der Waals surface area contributed by atoms with Gasteiger partial charge in [-0.3, -0.25) is 5.10 Å². The Labute approximate surface area is 114 Å². The van der Waals surface area contributed by atoms with Crippen LogP contribution < -0.4 is 0 Å². The molecule has 7 heteroatoms. The number of aromatic amines is 1. The van der Waals surface area contributed by atoms with Crippen LogP contribution in [0.15, 0.2) is 5.03 Å². The Bertz CT molecular complexity index is 510. The van der Waals surface area contributed by atoms with Gasteiger partial charge >= 0.3 is 0 Å². The largest absolute Gasteiger partial charge is 0.392 e. The van der Waals surface area contributed by atoms with E-state index in [1.54, 1.807) is 13.8 Å². The summed E-state index contributed by atoms with van der Waals surface area (Å²) in [6, 6.07) is 0. The Balaban J connectivity index is 3.13. The SMILES string of the molecule is CCC(C)CN(CC)S(=O)(=O)c1n[nH]c(C)c1CO. The second-order valence-electron chi connectivity index (χ2n) is 4.76. The topological polar surface area (TPSA) is 86.3 Å². The third kappa shape index (κ3) is 3.34. The predicted octanol–water partition coefficient (Wildman–Crippen LogP) is 1.27. The van der Waals surface area contributed by atoms with Crippen molar-refractivity contribution in [2.75, 3.05) is 13.1 Å². The fourth-order valence-corrected chi connectivity index (χ4v) is 3.55. The molecule has 6 nitrogen and oxygen atoms in total. The lowest BCUT2D eigenvalue weighted by Crippen LogP contribution is -2.35. The Morgan fingerprint density at radius 2 is 2.05 bits per heavy atom. The van der Waals surface area contributed by atoms with E-state index in [1.165, 1.54) is 4.31 Å². The van der Waals surface area contributed by atoms with Crippen molar-refractivity contribution in [1.82, 2.24) is 14.5 Å². The maximum Gasteiger partial charge on any atom is 0.262 e. The van der Waals surface area contributed by atoms with Crippen molar-refractivity contribution in [3.63, 3.8) is 0 Å². The van der Waals surface area contributed by atoms with Gasteiger partial charge in [0.2, 0.25) is 0 Å². The standard InChI is InChI=1S/C12H23N3O3S/c1-5-9(3)7-15(6-2)19(17,18)12-11(8-16)10(4)13-14-12/h9,16H,5-8H2,1-4H3,(H,13,14). The number of hydrogen-bond acceptors (Lipinski definition) is 4. The van der Waals surface area contributed by atoms with Crippen LogP contribution in [0.3, 0.4) is 0 Å². The molecule has 1 heterocycles. The van der Waals surface area contributed by atoms with Gasteiger partial charge in [0.05, 0.1) is 6.61 Å². The van der Waals surface area contributed by atoms with Gasteiger partial charge in [0.15, 0.2) is 5.03 Å². The second-order valence-corrected chi connectivity index (χ2v) is 6.61. The molecule has 1 rings (SSSR count). The summed E-state index contributed by atoms with van der Waals surface area (Å²) in [6.07, 6.45) is 0.915. The van der Waals surface area contributed by atoms with Crippen molar-refractivity contribution in [2.24, 2.45) is 5.92 Å². The summed E-state index contributed by atoms with van der Waals surface area (Å²) in [5, 5.41) is 15.7. The van der Waals surface area contributed by atoms with Crippen LogP contribution in [0.1, 0.15) is 38.4 Å². The summed E-state index contributed by atoms with van der Waals surface area (Å²) < 4.78 is 26.5. The van der Waals surface area contributed by atoms with Gasteiger partial charge in [-0.1, -0.05) is 27.2 Å². The van der Waals surface area contributed by atoms with Crippen molar-refractivity contribution in [1.29, 1.82) is 0 Å². The Kier molecular flexibility index (Phi) is 5.51. The monoisotopic (exact) mass is 289 g/mol. The Hall–Kier alpha value is -0.920. The lowest BCUT2D eigenvalue weighted by atomic mass is 10.1. The maximum atomic E-state index is 12.5. The van der Waals surface area contributed by atoms with E-state index in [0.717, 1.165) is 6.42 Å². The third-order valence-corrected chi connectivity index (χ3v) is 5.26. The summed E-state index contributed by atoms with van der Waals surface area (Å²) in [5.74, 6) is 0.285. The van der Waals surface area contributed by atoms with Crippen LogP contribution in [-0.4, -0.2) is 41.1 Å². The molecule has 110 valence electrons. The van der Waals surface area contributed by atoms with Crippen molar-refractivity contribution in [3.05, 3.63) is 11.3 Å². The molecule has 0 fully saturated rings. The fraction of sp³-hybridized carbons (Fsp3) is 0.750. The number of aryl methyl sites for hydroxylation is 1. The number of rotatable bonds is 7. The zero-order valence-corrected chi connectivity index (χ0v) is 12.8. The summed E-state index contributed by atoms with van der Waals surface area (Å²) in [4.78, 5) is 0. The van der Waals surface area contributed by atoms with E-state index in [1.807, 2.05) is 13.8 Å². The molecule has 0 aliphatic heterocycles. The van der Waals surface area contributed by atoms with Crippen LogP contribution >= 0.6 is 0 Å². The average Bonchev–Trinajstić information content (AvgIpc) is 2.76. The molecular weight excluding hydrogens is 266 g/mol. The molecular formula is C12H23N3O3S. The van der Waals surface area contributed by atoms with Crippen LogP contribution in [0.5, 0.6) is 0 Å². The van der Waals surface area contributed by atoms with Crippen molar-refractivity contribution in [3.8, 4) is 0 Å². The highest BCUT2D eigenvalue weighted by Crippen LogP contribution is 2.21. The third-order valence-electron chi connectivity index (χ3n) is 3.34. The van der Waals surface area contributed by atoms with Crippen LogP contribution in [0.2, 0.25) is 0 Å². The smallest absolute Gasteiger partial charge is 0.262 e. The van der Waals surface area contributed by atoms with Gasteiger partial charge in [0.25, 0.3) is 10.0 Å². The molecule has 0 saturated carbocycles. The van der Waals surface area contributed by atoms with E-state index in [9.17, 15) is 13.5 Å². The molecule has 0 aromatic carbocycles. The number of H-pyrrole nitrogens is 1. The molecule has 1 atom stereocenters. The minimum atomic E-state index is -3.65. The summed E-state index contributed by atoms with van der Waals surface area (Å²) in [5.41, 5.74) is 0.934. The van der Waals surface area contributed by atoms with Gasteiger partial charge in [0.1, 0.15) is 0 Å². The molecule has 1 unspecified atom stereocenters. The summed E-state index contributed by atoms with van der Waals surface area (Å²) in [6.45, 7) is 8.07. The van der Waals surface area contributed by atoms with E-state index in [-0.39, 0.29) is 17.6 Å². The van der Waals surface area contributed by atoms with Crippen molar-refractivity contribution >= 4 is 10.0 Å². The van der Waals surface area contributed by atoms with Crippen molar-refractivity contribution in [2.45, 2.75) is 45.7 Å². The van der Waals surface area contributed by atoms with Crippen LogP contribution in [0.4, 0.5) is 0 Å². The van der Waals surface area contributed by atoms with Gasteiger partial charge in [0, 0.05) is 24.3 Å². The zero-order valence-electron chi connectivity index (χ0n) is 12.0. The molecule has 0 aliphatic rings. The molecule has 0 bridgehead atoms. The minimum Gasteiger partial charge on any atom is -0.392 e. The highest BCUT2D eigenvalue weighted by atomic mass is 32.2. The van der Waals surface area contributed by atoms with E-state index < -0.39 is 10.0 Å². The molecule has 2 N–H and O–H groups in total. The molecule has 0 aliphatic carbocycles. The summed E-state index contributed by atoms with van der Waals surface area (Å²) >= 11 is 0. The molecule has 1 aromatic rings. The first-order valence-corrected chi connectivity index (χ1v) is 7.97. The van der Waals surface area contributed by atoms with Crippen molar-refractivity contribution < 1.29 is 13.5 Å². The average molecular weight is 289 g/mol. The number of hydrogen-bond donors (Lipinski definition) is 2. The lowest BCUT2D eigenvalue weighted by molar-refractivity contribution is 0.277. The van der Waals surface area contributed by atoms with Gasteiger partial charge < -0.3 is 5.11 Å². The molecule has 1 aromatic heterocycles. The number of sulfonamides is 1. The molecule has 0 radical (unpaired) electrons. The minimum absolute atomic E-state index is 0.0577. The zero-order chi connectivity index (χ0) is 14.6. The first-order valence-electron chi connectivity index (χ1n) is 6.53. The van der Waals surface area contributed by atoms with Gasteiger partial charge in [-0.2, -0.15) is 9.40 Å². The number of aliphatic hydroxyl groups is 1. The Morgan fingerprint density at radius 1 is 1.42 bits per heavy atom. The van der Waals surface area contributed by atoms with Gasteiger partial charge in [-0.15, -0.1) is 0 Å². The number of aliphatic hydroxyl groups excluding tert-OH is 1. The Morgan fingerprint density at radius 3 is 2.53 bits per heavy atom. The van der Waals surface area contributed by atoms with E-state index >= 15 is 0 Å². The molecule has 0 amide bonds. The highest BCUT2D eigenvalue weighted by Gasteiger charge is 2.30. The van der Waals surface area contributed by atoms with E-state index in [2.05, 4.69) is 10.2 Å². The maximum absolute atomic E-state index is 12.5. The molecule has 0 saturated heterocycles. The number of aromatic nitrogens is 2. The fourth-order valence-electron chi connectivity index (χ4n) is 1.83. The van der Waals surface area contributed by atoms with E-state index in [4.69, 9.17) is 0 Å². The number of nitrogens with one attached hydrogen (secondary N) is 1. The second kappa shape index (κ2) is 6.49. The van der Waals surface area contributed by atoms with Crippen LogP contribution in [0, 0.1) is 12.8 Å². The summed E-state index contributed by atoms with van der Waals surface area (Å²) in [7, 11) is -3.65. The first-order chi connectivity index (χ1) is 8.88. The van der Waals surface area contributed by atoms with Gasteiger partial charge in [-0.25, -0.2) is 8.42 Å². The van der Waals surface area contributed by atoms with Gasteiger partial charge in [-0.05, 0) is 12.8 Å². The highest BCUT2D eigenvalue weighted by molar-refractivity contribution is 7.89. The predicted molar refractivity (Wildman–Crippen MR) is 73.1 cm³/mol. The normalized spacial score (nSPS) is 14.0. The molecule has 19 heavy (non-hydrogen) atoms. The van der Waals surface area contributed by atoms with Crippen LogP contribution in [0.25, 0.3) is 0 Å². The lowest BCUT2D eigenvalue weighted by Gasteiger charge is -2.22. The number of nitrogens with zero attached hydrogens (tertiary/aromatic N) is 2. The first kappa shape index (κ1) is 16.1. The molecule has 0 spiro atoms.